The molecule has 0 aliphatic carbocycles. The highest BCUT2D eigenvalue weighted by molar-refractivity contribution is 7.21. The first-order valence-electron chi connectivity index (χ1n) is 7.37. The molecule has 1 aliphatic heterocycles. The Morgan fingerprint density at radius 3 is 3.05 bits per heavy atom. The van der Waals surface area contributed by atoms with Gasteiger partial charge in [-0.1, -0.05) is 6.07 Å². The first-order valence-corrected chi connectivity index (χ1v) is 8.19. The average molecular weight is 323 g/mol. The number of hydrogen-bond acceptors (Lipinski definition) is 5. The molecule has 118 valence electrons. The van der Waals surface area contributed by atoms with E-state index in [2.05, 4.69) is 0 Å². The number of esters is 1. The van der Waals surface area contributed by atoms with Crippen LogP contribution in [0.1, 0.15) is 28.6 Å². The van der Waals surface area contributed by atoms with Gasteiger partial charge in [0.15, 0.2) is 0 Å². The van der Waals surface area contributed by atoms with Crippen LogP contribution in [-0.4, -0.2) is 41.8 Å². The van der Waals surface area contributed by atoms with Crippen LogP contribution in [0.5, 0.6) is 0 Å². The molecule has 6 heteroatoms. The van der Waals surface area contributed by atoms with Gasteiger partial charge in [-0.2, -0.15) is 0 Å². The number of thiophene rings is 1. The summed E-state index contributed by atoms with van der Waals surface area (Å²) in [6.07, 6.45) is 0.361. The van der Waals surface area contributed by atoms with Crippen molar-refractivity contribution in [3.63, 3.8) is 0 Å². The molecule has 0 radical (unpaired) electrons. The van der Waals surface area contributed by atoms with Gasteiger partial charge in [-0.05, 0) is 25.5 Å². The van der Waals surface area contributed by atoms with Crippen LogP contribution in [0.3, 0.4) is 0 Å². The van der Waals surface area contributed by atoms with Gasteiger partial charge in [0.25, 0.3) is 0 Å². The van der Waals surface area contributed by atoms with E-state index in [1.165, 1.54) is 17.4 Å². The monoisotopic (exact) mass is 323 g/mol. The van der Waals surface area contributed by atoms with E-state index in [-0.39, 0.29) is 18.5 Å². The first-order chi connectivity index (χ1) is 10.6. The van der Waals surface area contributed by atoms with Gasteiger partial charge in [-0.3, -0.25) is 4.90 Å². The van der Waals surface area contributed by atoms with Crippen LogP contribution in [0.15, 0.2) is 18.2 Å². The molecule has 1 saturated heterocycles. The second-order valence-corrected chi connectivity index (χ2v) is 6.47. The lowest BCUT2D eigenvalue weighted by atomic mass is 10.1. The summed E-state index contributed by atoms with van der Waals surface area (Å²) < 4.78 is 20.1. The molecule has 1 aromatic heterocycles. The van der Waals surface area contributed by atoms with Crippen molar-refractivity contribution in [3.8, 4) is 0 Å². The van der Waals surface area contributed by atoms with Gasteiger partial charge < -0.3 is 9.84 Å². The Kier molecular flexibility index (Phi) is 4.42. The number of aliphatic hydroxyl groups excluding tert-OH is 1. The van der Waals surface area contributed by atoms with Gasteiger partial charge in [0.2, 0.25) is 0 Å². The Morgan fingerprint density at radius 1 is 1.55 bits per heavy atom. The van der Waals surface area contributed by atoms with Gasteiger partial charge in [0.1, 0.15) is 10.7 Å². The van der Waals surface area contributed by atoms with Crippen molar-refractivity contribution in [2.45, 2.75) is 26.0 Å². The number of halogens is 1. The minimum absolute atomic E-state index is 0.289. The SMILES string of the molecule is CCOC(=O)c1sc2cccc(F)c2c1CN1CC[C@@H](O)C1. The summed E-state index contributed by atoms with van der Waals surface area (Å²) in [5.74, 6) is -0.725. The topological polar surface area (TPSA) is 49.8 Å². The molecule has 1 N–H and O–H groups in total. The van der Waals surface area contributed by atoms with Crippen molar-refractivity contribution in [1.82, 2.24) is 4.90 Å². The molecule has 3 rings (SSSR count). The largest absolute Gasteiger partial charge is 0.462 e. The number of β-amino-alcohol motifs (C(OH)–C–C–N with tert-alkyl or cyclic N) is 1. The average Bonchev–Trinajstić information content (AvgIpc) is 3.05. The maximum atomic E-state index is 14.2. The summed E-state index contributed by atoms with van der Waals surface area (Å²) in [5, 5.41) is 10.2. The van der Waals surface area contributed by atoms with Gasteiger partial charge in [0, 0.05) is 35.3 Å². The summed E-state index contributed by atoms with van der Waals surface area (Å²) in [6.45, 7) is 3.79. The minimum atomic E-state index is -0.405. The zero-order chi connectivity index (χ0) is 15.7. The molecule has 0 bridgehead atoms. The third kappa shape index (κ3) is 2.86. The number of fused-ring (bicyclic) bond motifs is 1. The van der Waals surface area contributed by atoms with Crippen molar-refractivity contribution in [2.24, 2.45) is 0 Å². The van der Waals surface area contributed by atoms with Crippen LogP contribution in [-0.2, 0) is 11.3 Å². The number of ether oxygens (including phenoxy) is 1. The van der Waals surface area contributed by atoms with Crippen molar-refractivity contribution in [3.05, 3.63) is 34.5 Å². The first kappa shape index (κ1) is 15.4. The van der Waals surface area contributed by atoms with Crippen LogP contribution < -0.4 is 0 Å². The van der Waals surface area contributed by atoms with E-state index in [0.717, 1.165) is 11.2 Å². The van der Waals surface area contributed by atoms with Crippen LogP contribution in [0.2, 0.25) is 0 Å². The summed E-state index contributed by atoms with van der Waals surface area (Å²) in [4.78, 5) is 14.7. The third-order valence-electron chi connectivity index (χ3n) is 3.85. The van der Waals surface area contributed by atoms with Crippen LogP contribution in [0.25, 0.3) is 10.1 Å². The summed E-state index contributed by atoms with van der Waals surface area (Å²) in [6, 6.07) is 4.87. The standard InChI is InChI=1S/C16H18FNO3S/c1-2-21-16(20)15-11(9-18-7-6-10(19)8-18)14-12(17)4-3-5-13(14)22-15/h3-5,10,19H,2,6-9H2,1H3/t10-/m1/s1. The molecule has 2 aromatic rings. The second kappa shape index (κ2) is 6.32. The number of aliphatic hydroxyl groups is 1. The van der Waals surface area contributed by atoms with Crippen molar-refractivity contribution < 1.29 is 19.0 Å². The molecular weight excluding hydrogens is 305 g/mol. The highest BCUT2D eigenvalue weighted by Crippen LogP contribution is 2.35. The van der Waals surface area contributed by atoms with Crippen molar-refractivity contribution in [1.29, 1.82) is 0 Å². The Hall–Kier alpha value is -1.50. The van der Waals surface area contributed by atoms with E-state index < -0.39 is 5.97 Å². The number of benzene rings is 1. The van der Waals surface area contributed by atoms with Crippen molar-refractivity contribution >= 4 is 27.4 Å². The van der Waals surface area contributed by atoms with Crippen LogP contribution >= 0.6 is 11.3 Å². The Morgan fingerprint density at radius 2 is 2.36 bits per heavy atom. The number of carbonyl (C=O) groups excluding carboxylic acids is 1. The normalized spacial score (nSPS) is 19.0. The van der Waals surface area contributed by atoms with E-state index in [0.29, 0.717) is 35.3 Å². The number of carbonyl (C=O) groups is 1. The fraction of sp³-hybridized carbons (Fsp3) is 0.438. The lowest BCUT2D eigenvalue weighted by Gasteiger charge is -2.15. The Bertz CT molecular complexity index is 700. The second-order valence-electron chi connectivity index (χ2n) is 5.42. The summed E-state index contributed by atoms with van der Waals surface area (Å²) >= 11 is 1.27. The van der Waals surface area contributed by atoms with E-state index in [9.17, 15) is 14.3 Å². The highest BCUT2D eigenvalue weighted by atomic mass is 32.1. The maximum Gasteiger partial charge on any atom is 0.348 e. The fourth-order valence-corrected chi connectivity index (χ4v) is 3.98. The van der Waals surface area contributed by atoms with E-state index in [1.54, 1.807) is 13.0 Å². The molecule has 0 amide bonds. The third-order valence-corrected chi connectivity index (χ3v) is 5.03. The molecule has 1 aliphatic rings. The van der Waals surface area contributed by atoms with E-state index in [4.69, 9.17) is 4.74 Å². The van der Waals surface area contributed by atoms with Gasteiger partial charge in [0.05, 0.1) is 12.7 Å². The lowest BCUT2D eigenvalue weighted by molar-refractivity contribution is 0.0530. The summed E-state index contributed by atoms with van der Waals surface area (Å²) in [7, 11) is 0. The van der Waals surface area contributed by atoms with Crippen LogP contribution in [0.4, 0.5) is 4.39 Å². The molecule has 2 heterocycles. The molecule has 0 spiro atoms. The van der Waals surface area contributed by atoms with E-state index >= 15 is 0 Å². The minimum Gasteiger partial charge on any atom is -0.462 e. The fourth-order valence-electron chi connectivity index (χ4n) is 2.86. The maximum absolute atomic E-state index is 14.2. The van der Waals surface area contributed by atoms with Crippen LogP contribution in [0, 0.1) is 5.82 Å². The highest BCUT2D eigenvalue weighted by Gasteiger charge is 2.26. The summed E-state index contributed by atoms with van der Waals surface area (Å²) in [5.41, 5.74) is 0.672. The molecule has 0 unspecified atom stereocenters. The predicted molar refractivity (Wildman–Crippen MR) is 83.6 cm³/mol. The van der Waals surface area contributed by atoms with Gasteiger partial charge in [-0.15, -0.1) is 11.3 Å². The number of hydrogen-bond donors (Lipinski definition) is 1. The molecule has 1 atom stereocenters. The number of likely N-dealkylation sites (tertiary alicyclic amines) is 1. The van der Waals surface area contributed by atoms with Gasteiger partial charge >= 0.3 is 5.97 Å². The predicted octanol–water partition coefficient (Wildman–Crippen LogP) is 2.78. The zero-order valence-electron chi connectivity index (χ0n) is 12.3. The smallest absolute Gasteiger partial charge is 0.348 e. The molecule has 4 nitrogen and oxygen atoms in total. The molecule has 0 saturated carbocycles. The molecular formula is C16H18FNO3S. The molecule has 22 heavy (non-hydrogen) atoms. The Labute approximate surface area is 132 Å². The van der Waals surface area contributed by atoms with E-state index in [1.807, 2.05) is 11.0 Å². The molecule has 1 fully saturated rings. The zero-order valence-corrected chi connectivity index (χ0v) is 13.2. The molecule has 1 aromatic carbocycles. The number of rotatable bonds is 4. The van der Waals surface area contributed by atoms with Gasteiger partial charge in [-0.25, -0.2) is 9.18 Å². The quantitative estimate of drug-likeness (QED) is 0.879. The Balaban J connectivity index is 2.03. The lowest BCUT2D eigenvalue weighted by Crippen LogP contribution is -2.22. The number of nitrogens with zero attached hydrogens (tertiary/aromatic N) is 1. The van der Waals surface area contributed by atoms with Crippen molar-refractivity contribution in [2.75, 3.05) is 19.7 Å².